The summed E-state index contributed by atoms with van der Waals surface area (Å²) in [5, 5.41) is 41.4. The normalized spacial score (nSPS) is 14.6. The number of nitrogens with zero attached hydrogens (tertiary/aromatic N) is 1. The standard InChI is InChI=1S/C48H61N5O9/c1-8-9-11-18-36-19-14-15-20-37(36)23-26-42(58)51-44(33(6)56)48(62)53(7)41(29-35-21-24-38(57)25-22-35)47(61)50-39(27-30(2)3)45(59)49-40(28-34-16-12-10-13-17-34)46(60)52-43(31(4)54)32(5)55/h10-26,29-31,33,39-40,43-44,54,56-57H,8-9,27-28H2,1-7H3,(H,49,59)(H,50,61)(H,51,58)(H,52,60)/b18-11-,26-23+,41-29+/t31?,33-,39?,40+,43?,44-/m0/s1. The van der Waals surface area contributed by atoms with Gasteiger partial charge in [0.2, 0.25) is 17.7 Å². The summed E-state index contributed by atoms with van der Waals surface area (Å²) >= 11 is 0. The third-order valence-corrected chi connectivity index (χ3v) is 9.79. The van der Waals surface area contributed by atoms with E-state index in [9.17, 15) is 44.1 Å². The number of carbonyl (C=O) groups is 6. The SMILES string of the molecule is CCC/C=C\c1ccccc1/C=C/C(=O)N[C@H](C(=O)N(C)/C(=C/c1ccc(O)cc1)C(=O)NC(CC(C)C)C(=O)N[C@H](Cc1ccccc1)C(=O)NC(C(C)=O)C(C)O)[C@H](C)O. The highest BCUT2D eigenvalue weighted by atomic mass is 16.3. The summed E-state index contributed by atoms with van der Waals surface area (Å²) in [5.41, 5.74) is 2.45. The van der Waals surface area contributed by atoms with Gasteiger partial charge >= 0.3 is 0 Å². The lowest BCUT2D eigenvalue weighted by Gasteiger charge is -2.29. The molecule has 3 aromatic rings. The molecule has 5 amide bonds. The molecule has 62 heavy (non-hydrogen) atoms. The molecule has 332 valence electrons. The molecule has 7 N–H and O–H groups in total. The van der Waals surface area contributed by atoms with Crippen molar-refractivity contribution in [3.8, 4) is 5.75 Å². The second-order valence-corrected chi connectivity index (χ2v) is 15.6. The number of phenolic OH excluding ortho intramolecular Hbond substituents is 1. The lowest BCUT2D eigenvalue weighted by atomic mass is 10.00. The number of nitrogens with one attached hydrogen (secondary N) is 4. The summed E-state index contributed by atoms with van der Waals surface area (Å²) in [6.07, 6.45) is 7.56. The Hall–Kier alpha value is -6.38. The Balaban J connectivity index is 1.95. The number of aliphatic hydroxyl groups is 2. The zero-order valence-corrected chi connectivity index (χ0v) is 36.5. The maximum absolute atomic E-state index is 14.3. The largest absolute Gasteiger partial charge is 0.508 e. The maximum Gasteiger partial charge on any atom is 0.268 e. The van der Waals surface area contributed by atoms with Crippen molar-refractivity contribution in [1.29, 1.82) is 0 Å². The predicted molar refractivity (Wildman–Crippen MR) is 240 cm³/mol. The van der Waals surface area contributed by atoms with E-state index in [1.54, 1.807) is 36.4 Å². The number of hydrogen-bond acceptors (Lipinski definition) is 9. The van der Waals surface area contributed by atoms with Crippen LogP contribution in [0.5, 0.6) is 5.75 Å². The van der Waals surface area contributed by atoms with E-state index in [4.69, 9.17) is 0 Å². The van der Waals surface area contributed by atoms with Crippen LogP contribution in [0.1, 0.15) is 83.1 Å². The number of rotatable bonds is 22. The maximum atomic E-state index is 14.3. The van der Waals surface area contributed by atoms with Gasteiger partial charge in [0, 0.05) is 19.5 Å². The molecule has 0 radical (unpaired) electrons. The predicted octanol–water partition coefficient (Wildman–Crippen LogP) is 4.30. The van der Waals surface area contributed by atoms with Gasteiger partial charge in [-0.25, -0.2) is 0 Å². The number of hydrogen-bond donors (Lipinski definition) is 7. The van der Waals surface area contributed by atoms with Crippen LogP contribution in [-0.4, -0.2) is 99.0 Å². The Morgan fingerprint density at radius 2 is 1.29 bits per heavy atom. The zero-order valence-electron chi connectivity index (χ0n) is 36.5. The zero-order chi connectivity index (χ0) is 45.9. The number of benzene rings is 3. The average Bonchev–Trinajstić information content (AvgIpc) is 3.22. The van der Waals surface area contributed by atoms with Gasteiger partial charge in [-0.05, 0) is 86.1 Å². The number of aliphatic hydroxyl groups excluding tert-OH is 2. The van der Waals surface area contributed by atoms with E-state index in [1.165, 1.54) is 64.2 Å². The molecule has 0 heterocycles. The number of phenols is 1. The van der Waals surface area contributed by atoms with E-state index in [0.717, 1.165) is 28.9 Å². The quantitative estimate of drug-likeness (QED) is 0.0717. The highest BCUT2D eigenvalue weighted by Gasteiger charge is 2.34. The van der Waals surface area contributed by atoms with Gasteiger partial charge in [-0.15, -0.1) is 0 Å². The van der Waals surface area contributed by atoms with Crippen molar-refractivity contribution in [2.45, 2.75) is 104 Å². The van der Waals surface area contributed by atoms with Crippen LogP contribution in [0, 0.1) is 5.92 Å². The van der Waals surface area contributed by atoms with Gasteiger partial charge in [0.1, 0.15) is 35.6 Å². The van der Waals surface area contributed by atoms with Gasteiger partial charge in [-0.1, -0.05) is 106 Å². The number of ketones is 1. The van der Waals surface area contributed by atoms with Crippen LogP contribution in [0.2, 0.25) is 0 Å². The number of allylic oxidation sites excluding steroid dienone is 1. The lowest BCUT2D eigenvalue weighted by molar-refractivity contribution is -0.138. The minimum Gasteiger partial charge on any atom is -0.508 e. The van der Waals surface area contributed by atoms with Crippen molar-refractivity contribution < 1.29 is 44.1 Å². The molecular formula is C48H61N5O9. The fraction of sp³-hybridized carbons (Fsp3) is 0.375. The number of likely N-dealkylation sites (N-methyl/N-ethyl adjacent to an activating group) is 1. The highest BCUT2D eigenvalue weighted by Crippen LogP contribution is 2.18. The summed E-state index contributed by atoms with van der Waals surface area (Å²) in [4.78, 5) is 82.7. The average molecular weight is 852 g/mol. The molecule has 0 spiro atoms. The summed E-state index contributed by atoms with van der Waals surface area (Å²) in [6, 6.07) is 16.8. The Kier molecular flexibility index (Phi) is 20.0. The molecular weight excluding hydrogens is 791 g/mol. The molecule has 0 aromatic heterocycles. The van der Waals surface area contributed by atoms with Crippen LogP contribution < -0.4 is 21.3 Å². The van der Waals surface area contributed by atoms with Crippen molar-refractivity contribution in [2.75, 3.05) is 7.05 Å². The first kappa shape index (κ1) is 50.0. The third kappa shape index (κ3) is 15.9. The Morgan fingerprint density at radius 1 is 0.710 bits per heavy atom. The van der Waals surface area contributed by atoms with Crippen LogP contribution in [0.15, 0.2) is 96.7 Å². The number of aromatic hydroxyl groups is 1. The van der Waals surface area contributed by atoms with Gasteiger partial charge in [0.05, 0.1) is 12.2 Å². The topological polar surface area (TPSA) is 214 Å². The molecule has 0 aliphatic heterocycles. The molecule has 14 nitrogen and oxygen atoms in total. The van der Waals surface area contributed by atoms with Gasteiger partial charge in [0.25, 0.3) is 11.8 Å². The minimum absolute atomic E-state index is 0.0125. The second kappa shape index (κ2) is 24.8. The number of carbonyl (C=O) groups excluding carboxylic acids is 6. The van der Waals surface area contributed by atoms with Gasteiger partial charge in [0.15, 0.2) is 5.78 Å². The lowest BCUT2D eigenvalue weighted by Crippen LogP contribution is -2.58. The Morgan fingerprint density at radius 3 is 1.85 bits per heavy atom. The van der Waals surface area contributed by atoms with E-state index < -0.39 is 71.7 Å². The molecule has 6 atom stereocenters. The van der Waals surface area contributed by atoms with Crippen LogP contribution in [0.25, 0.3) is 18.2 Å². The monoisotopic (exact) mass is 851 g/mol. The van der Waals surface area contributed by atoms with Crippen molar-refractivity contribution >= 4 is 53.5 Å². The summed E-state index contributed by atoms with van der Waals surface area (Å²) in [5.74, 6) is -4.57. The van der Waals surface area contributed by atoms with Crippen molar-refractivity contribution in [3.05, 3.63) is 119 Å². The molecule has 0 bridgehead atoms. The summed E-state index contributed by atoms with van der Waals surface area (Å²) < 4.78 is 0. The van der Waals surface area contributed by atoms with Crippen molar-refractivity contribution in [3.63, 3.8) is 0 Å². The molecule has 0 fully saturated rings. The van der Waals surface area contributed by atoms with E-state index in [0.29, 0.717) is 11.1 Å². The molecule has 14 heteroatoms. The molecule has 0 saturated heterocycles. The molecule has 0 aliphatic carbocycles. The van der Waals surface area contributed by atoms with Crippen molar-refractivity contribution in [1.82, 2.24) is 26.2 Å². The first-order chi connectivity index (χ1) is 29.4. The fourth-order valence-electron chi connectivity index (χ4n) is 6.40. The first-order valence-corrected chi connectivity index (χ1v) is 20.8. The van der Waals surface area contributed by atoms with E-state index in [2.05, 4.69) is 28.2 Å². The number of unbranched alkanes of at least 4 members (excludes halogenated alkanes) is 1. The second-order valence-electron chi connectivity index (χ2n) is 15.6. The van der Waals surface area contributed by atoms with Crippen molar-refractivity contribution in [2.24, 2.45) is 5.92 Å². The molecule has 0 saturated carbocycles. The van der Waals surface area contributed by atoms with Crippen LogP contribution in [-0.2, 0) is 35.2 Å². The van der Waals surface area contributed by atoms with E-state index >= 15 is 0 Å². The first-order valence-electron chi connectivity index (χ1n) is 20.8. The molecule has 3 unspecified atom stereocenters. The Bertz CT molecular complexity index is 2080. The molecule has 3 rings (SSSR count). The van der Waals surface area contributed by atoms with Crippen LogP contribution >= 0.6 is 0 Å². The molecule has 3 aromatic carbocycles. The van der Waals surface area contributed by atoms with E-state index in [-0.39, 0.29) is 30.2 Å². The van der Waals surface area contributed by atoms with Gasteiger partial charge in [-0.2, -0.15) is 0 Å². The van der Waals surface area contributed by atoms with Crippen LogP contribution in [0.4, 0.5) is 0 Å². The highest BCUT2D eigenvalue weighted by molar-refractivity contribution is 6.05. The fourth-order valence-corrected chi connectivity index (χ4v) is 6.40. The van der Waals surface area contributed by atoms with Crippen LogP contribution in [0.3, 0.4) is 0 Å². The smallest absolute Gasteiger partial charge is 0.268 e. The van der Waals surface area contributed by atoms with Gasteiger partial charge in [-0.3, -0.25) is 28.8 Å². The molecule has 0 aliphatic rings. The minimum atomic E-state index is -1.51. The van der Waals surface area contributed by atoms with E-state index in [1.807, 2.05) is 50.3 Å². The number of amides is 5. The van der Waals surface area contributed by atoms with Gasteiger partial charge < -0.3 is 41.5 Å². The number of Topliss-reactive ketones (excluding diaryl/α,β-unsaturated/α-hetero) is 1. The Labute approximate surface area is 364 Å². The third-order valence-electron chi connectivity index (χ3n) is 9.79. The summed E-state index contributed by atoms with van der Waals surface area (Å²) in [6.45, 7) is 9.64. The summed E-state index contributed by atoms with van der Waals surface area (Å²) in [7, 11) is 1.29.